The minimum Gasteiger partial charge on any atom is -0.384 e. The van der Waals surface area contributed by atoms with Crippen molar-refractivity contribution >= 4 is 5.82 Å². The van der Waals surface area contributed by atoms with Gasteiger partial charge in [0.1, 0.15) is 5.82 Å². The molecule has 0 saturated carbocycles. The molecule has 2 heterocycles. The molecule has 1 unspecified atom stereocenters. The summed E-state index contributed by atoms with van der Waals surface area (Å²) in [5, 5.41) is 8.49. The van der Waals surface area contributed by atoms with Crippen LogP contribution in [0.3, 0.4) is 0 Å². The molecule has 2 aromatic heterocycles. The van der Waals surface area contributed by atoms with Crippen molar-refractivity contribution in [2.75, 3.05) is 5.73 Å². The number of anilines is 1. The van der Waals surface area contributed by atoms with Crippen molar-refractivity contribution in [2.24, 2.45) is 7.05 Å². The van der Waals surface area contributed by atoms with E-state index in [4.69, 9.17) is 5.73 Å². The van der Waals surface area contributed by atoms with Crippen molar-refractivity contribution in [3.63, 3.8) is 0 Å². The largest absolute Gasteiger partial charge is 0.384 e. The van der Waals surface area contributed by atoms with Crippen molar-refractivity contribution in [1.29, 1.82) is 0 Å². The Labute approximate surface area is 88.5 Å². The molecule has 2 rings (SSSR count). The molecule has 1 atom stereocenters. The third kappa shape index (κ3) is 1.60. The van der Waals surface area contributed by atoms with Crippen LogP contribution in [-0.2, 0) is 7.05 Å². The lowest BCUT2D eigenvalue weighted by atomic mass is 10.2. The van der Waals surface area contributed by atoms with Gasteiger partial charge in [0.25, 0.3) is 0 Å². The zero-order chi connectivity index (χ0) is 11.0. The standard InChI is InChI=1S/C10H15N5/c1-7-6-10(11)15(13-7)8(2)9-4-5-12-14(9)3/h4-6,8H,11H2,1-3H3. The predicted molar refractivity (Wildman–Crippen MR) is 58.4 cm³/mol. The maximum atomic E-state index is 5.87. The summed E-state index contributed by atoms with van der Waals surface area (Å²) < 4.78 is 3.65. The van der Waals surface area contributed by atoms with Gasteiger partial charge < -0.3 is 5.73 Å². The Balaban J connectivity index is 2.40. The van der Waals surface area contributed by atoms with Crippen molar-refractivity contribution in [3.05, 3.63) is 29.7 Å². The number of hydrogen-bond donors (Lipinski definition) is 1. The monoisotopic (exact) mass is 205 g/mol. The van der Waals surface area contributed by atoms with Crippen LogP contribution in [0.1, 0.15) is 24.4 Å². The van der Waals surface area contributed by atoms with E-state index in [-0.39, 0.29) is 6.04 Å². The number of aromatic nitrogens is 4. The smallest absolute Gasteiger partial charge is 0.122 e. The predicted octanol–water partition coefficient (Wildman–Crippen LogP) is 1.12. The first-order valence-electron chi connectivity index (χ1n) is 4.89. The minimum atomic E-state index is 0.103. The van der Waals surface area contributed by atoms with Crippen LogP contribution in [0.2, 0.25) is 0 Å². The molecule has 0 aromatic carbocycles. The second kappa shape index (κ2) is 3.42. The summed E-state index contributed by atoms with van der Waals surface area (Å²) >= 11 is 0. The van der Waals surface area contributed by atoms with E-state index in [1.165, 1.54) is 0 Å². The summed E-state index contributed by atoms with van der Waals surface area (Å²) in [6.07, 6.45) is 1.78. The summed E-state index contributed by atoms with van der Waals surface area (Å²) in [6.45, 7) is 3.99. The SMILES string of the molecule is Cc1cc(N)n(C(C)c2ccnn2C)n1. The molecular formula is C10H15N5. The van der Waals surface area contributed by atoms with E-state index >= 15 is 0 Å². The second-order valence-electron chi connectivity index (χ2n) is 3.71. The van der Waals surface area contributed by atoms with E-state index in [0.717, 1.165) is 11.4 Å². The van der Waals surface area contributed by atoms with Gasteiger partial charge in [0.2, 0.25) is 0 Å². The van der Waals surface area contributed by atoms with E-state index in [1.807, 2.05) is 35.5 Å². The first-order chi connectivity index (χ1) is 7.09. The van der Waals surface area contributed by atoms with Crippen molar-refractivity contribution in [2.45, 2.75) is 19.9 Å². The number of hydrogen-bond acceptors (Lipinski definition) is 3. The van der Waals surface area contributed by atoms with Gasteiger partial charge in [0, 0.05) is 19.3 Å². The summed E-state index contributed by atoms with van der Waals surface area (Å²) in [5.74, 6) is 0.682. The third-order valence-electron chi connectivity index (χ3n) is 2.54. The number of nitrogens with zero attached hydrogens (tertiary/aromatic N) is 4. The van der Waals surface area contributed by atoms with Crippen LogP contribution in [0, 0.1) is 6.92 Å². The lowest BCUT2D eigenvalue weighted by Gasteiger charge is -2.13. The van der Waals surface area contributed by atoms with E-state index < -0.39 is 0 Å². The lowest BCUT2D eigenvalue weighted by Crippen LogP contribution is -2.14. The maximum Gasteiger partial charge on any atom is 0.122 e. The van der Waals surface area contributed by atoms with Gasteiger partial charge in [0.15, 0.2) is 0 Å². The normalized spacial score (nSPS) is 13.0. The van der Waals surface area contributed by atoms with Gasteiger partial charge in [-0.25, -0.2) is 4.68 Å². The van der Waals surface area contributed by atoms with Crippen LogP contribution in [0.25, 0.3) is 0 Å². The molecule has 0 aliphatic carbocycles. The average molecular weight is 205 g/mol. The minimum absolute atomic E-state index is 0.103. The quantitative estimate of drug-likeness (QED) is 0.799. The molecule has 80 valence electrons. The van der Waals surface area contributed by atoms with Crippen LogP contribution in [0.15, 0.2) is 18.3 Å². The van der Waals surface area contributed by atoms with E-state index in [1.54, 1.807) is 6.20 Å². The zero-order valence-corrected chi connectivity index (χ0v) is 9.18. The molecule has 15 heavy (non-hydrogen) atoms. The third-order valence-corrected chi connectivity index (χ3v) is 2.54. The fraction of sp³-hybridized carbons (Fsp3) is 0.400. The van der Waals surface area contributed by atoms with Gasteiger partial charge in [-0.05, 0) is 19.9 Å². The molecule has 0 amide bonds. The highest BCUT2D eigenvalue weighted by Crippen LogP contribution is 2.19. The van der Waals surface area contributed by atoms with Crippen LogP contribution in [-0.4, -0.2) is 19.6 Å². The Morgan fingerprint density at radius 1 is 1.47 bits per heavy atom. The fourth-order valence-electron chi connectivity index (χ4n) is 1.77. The van der Waals surface area contributed by atoms with E-state index in [0.29, 0.717) is 5.82 Å². The van der Waals surface area contributed by atoms with E-state index in [2.05, 4.69) is 17.1 Å². The number of aryl methyl sites for hydroxylation is 2. The van der Waals surface area contributed by atoms with E-state index in [9.17, 15) is 0 Å². The highest BCUT2D eigenvalue weighted by atomic mass is 15.4. The molecule has 0 spiro atoms. The van der Waals surface area contributed by atoms with Crippen molar-refractivity contribution < 1.29 is 0 Å². The summed E-state index contributed by atoms with van der Waals surface area (Å²) in [4.78, 5) is 0. The molecule has 0 fully saturated rings. The maximum absolute atomic E-state index is 5.87. The average Bonchev–Trinajstić information content (AvgIpc) is 2.71. The Kier molecular flexibility index (Phi) is 2.22. The van der Waals surface area contributed by atoms with Crippen LogP contribution >= 0.6 is 0 Å². The molecule has 0 saturated heterocycles. The molecule has 0 aliphatic heterocycles. The Morgan fingerprint density at radius 2 is 2.20 bits per heavy atom. The van der Waals surface area contributed by atoms with Crippen LogP contribution in [0.4, 0.5) is 5.82 Å². The Hall–Kier alpha value is -1.78. The number of nitrogens with two attached hydrogens (primary N) is 1. The van der Waals surface area contributed by atoms with Gasteiger partial charge in [-0.3, -0.25) is 4.68 Å². The molecule has 5 heteroatoms. The summed E-state index contributed by atoms with van der Waals surface area (Å²) in [5.41, 5.74) is 7.89. The fourth-order valence-corrected chi connectivity index (χ4v) is 1.77. The molecule has 0 aliphatic rings. The van der Waals surface area contributed by atoms with Gasteiger partial charge in [-0.1, -0.05) is 0 Å². The van der Waals surface area contributed by atoms with Crippen LogP contribution < -0.4 is 5.73 Å². The molecule has 0 bridgehead atoms. The molecular weight excluding hydrogens is 190 g/mol. The second-order valence-corrected chi connectivity index (χ2v) is 3.71. The lowest BCUT2D eigenvalue weighted by molar-refractivity contribution is 0.525. The highest BCUT2D eigenvalue weighted by Gasteiger charge is 2.14. The number of nitrogen functional groups attached to an aromatic ring is 1. The first kappa shape index (κ1) is 9.76. The van der Waals surface area contributed by atoms with Gasteiger partial charge in [0.05, 0.1) is 17.4 Å². The molecule has 2 N–H and O–H groups in total. The van der Waals surface area contributed by atoms with Gasteiger partial charge in [-0.15, -0.1) is 0 Å². The first-order valence-corrected chi connectivity index (χ1v) is 4.89. The summed E-state index contributed by atoms with van der Waals surface area (Å²) in [6, 6.07) is 3.94. The zero-order valence-electron chi connectivity index (χ0n) is 9.18. The topological polar surface area (TPSA) is 61.7 Å². The van der Waals surface area contributed by atoms with Gasteiger partial charge >= 0.3 is 0 Å². The summed E-state index contributed by atoms with van der Waals surface area (Å²) in [7, 11) is 1.92. The Morgan fingerprint density at radius 3 is 2.67 bits per heavy atom. The number of rotatable bonds is 2. The van der Waals surface area contributed by atoms with Gasteiger partial charge in [-0.2, -0.15) is 10.2 Å². The molecule has 2 aromatic rings. The van der Waals surface area contributed by atoms with Crippen molar-refractivity contribution in [1.82, 2.24) is 19.6 Å². The Bertz CT molecular complexity index is 468. The van der Waals surface area contributed by atoms with Crippen molar-refractivity contribution in [3.8, 4) is 0 Å². The highest BCUT2D eigenvalue weighted by molar-refractivity contribution is 5.32. The molecule has 0 radical (unpaired) electrons. The molecule has 5 nitrogen and oxygen atoms in total. The van der Waals surface area contributed by atoms with Crippen LogP contribution in [0.5, 0.6) is 0 Å².